The van der Waals surface area contributed by atoms with Gasteiger partial charge in [0, 0.05) is 17.0 Å². The smallest absolute Gasteiger partial charge is 0.226 e. The highest BCUT2D eigenvalue weighted by Gasteiger charge is 2.26. The molecule has 0 spiro atoms. The molecule has 0 saturated heterocycles. The first-order valence-electron chi connectivity index (χ1n) is 9.85. The number of alkyl halides is 1. The van der Waals surface area contributed by atoms with Crippen molar-refractivity contribution in [3.63, 3.8) is 0 Å². The van der Waals surface area contributed by atoms with Crippen molar-refractivity contribution in [2.75, 3.05) is 9.74 Å². The van der Waals surface area contributed by atoms with Gasteiger partial charge < -0.3 is 9.88 Å². The SMILES string of the molecule is C[C@@H](Nc1nc(Cl)nc2ncn(C[C@H]3CC[C@H](CI)CC3)c12)C1CCC1. The molecule has 2 aliphatic carbocycles. The van der Waals surface area contributed by atoms with Crippen LogP contribution < -0.4 is 5.32 Å². The summed E-state index contributed by atoms with van der Waals surface area (Å²) in [4.78, 5) is 13.4. The minimum Gasteiger partial charge on any atom is -0.365 e. The van der Waals surface area contributed by atoms with Gasteiger partial charge in [-0.25, -0.2) is 4.98 Å². The van der Waals surface area contributed by atoms with E-state index in [0.29, 0.717) is 11.7 Å². The molecule has 2 saturated carbocycles. The molecule has 1 N–H and O–H groups in total. The lowest BCUT2D eigenvalue weighted by molar-refractivity contribution is 0.271. The third-order valence-electron chi connectivity index (χ3n) is 6.31. The van der Waals surface area contributed by atoms with Crippen molar-refractivity contribution in [2.45, 2.75) is 64.5 Å². The summed E-state index contributed by atoms with van der Waals surface area (Å²) in [5, 5.41) is 3.88. The second-order valence-corrected chi connectivity index (χ2v) is 9.29. The van der Waals surface area contributed by atoms with Gasteiger partial charge in [0.1, 0.15) is 5.52 Å². The Hall–Kier alpha value is -0.630. The molecule has 5 nitrogen and oxygen atoms in total. The maximum Gasteiger partial charge on any atom is 0.226 e. The number of hydrogen-bond donors (Lipinski definition) is 1. The van der Waals surface area contributed by atoms with Gasteiger partial charge in [-0.05, 0) is 74.8 Å². The van der Waals surface area contributed by atoms with Crippen molar-refractivity contribution >= 4 is 51.2 Å². The molecule has 0 unspecified atom stereocenters. The lowest BCUT2D eigenvalue weighted by Gasteiger charge is -2.32. The zero-order chi connectivity index (χ0) is 18.1. The lowest BCUT2D eigenvalue weighted by Crippen LogP contribution is -2.31. The van der Waals surface area contributed by atoms with Crippen LogP contribution in [0.25, 0.3) is 11.2 Å². The van der Waals surface area contributed by atoms with Crippen molar-refractivity contribution in [2.24, 2.45) is 17.8 Å². The molecule has 142 valence electrons. The normalized spacial score (nSPS) is 25.2. The molecule has 2 heterocycles. The predicted octanol–water partition coefficient (Wildman–Crippen LogP) is 5.32. The average Bonchev–Trinajstić information content (AvgIpc) is 2.96. The second-order valence-electron chi connectivity index (χ2n) is 8.08. The lowest BCUT2D eigenvalue weighted by atomic mass is 9.80. The number of nitrogens with zero attached hydrogens (tertiary/aromatic N) is 4. The van der Waals surface area contributed by atoms with E-state index in [0.717, 1.165) is 35.6 Å². The van der Waals surface area contributed by atoms with Crippen LogP contribution in [0, 0.1) is 17.8 Å². The summed E-state index contributed by atoms with van der Waals surface area (Å²) in [6.45, 7) is 3.25. The Morgan fingerprint density at radius 2 is 1.92 bits per heavy atom. The molecule has 0 amide bonds. The highest BCUT2D eigenvalue weighted by Crippen LogP contribution is 2.34. The number of rotatable bonds is 6. The Morgan fingerprint density at radius 1 is 1.19 bits per heavy atom. The first-order chi connectivity index (χ1) is 12.6. The van der Waals surface area contributed by atoms with Gasteiger partial charge in [0.05, 0.1) is 6.33 Å². The number of halogens is 2. The van der Waals surface area contributed by atoms with E-state index in [1.54, 1.807) is 0 Å². The number of nitrogens with one attached hydrogen (secondary N) is 1. The van der Waals surface area contributed by atoms with E-state index in [2.05, 4.69) is 54.4 Å². The molecule has 26 heavy (non-hydrogen) atoms. The molecule has 2 aliphatic rings. The van der Waals surface area contributed by atoms with Crippen LogP contribution in [0.15, 0.2) is 6.33 Å². The van der Waals surface area contributed by atoms with Crippen LogP contribution in [0.4, 0.5) is 5.82 Å². The second kappa shape index (κ2) is 8.17. The van der Waals surface area contributed by atoms with E-state index in [1.807, 2.05) is 6.33 Å². The van der Waals surface area contributed by atoms with Crippen molar-refractivity contribution in [1.29, 1.82) is 0 Å². The van der Waals surface area contributed by atoms with E-state index in [-0.39, 0.29) is 5.28 Å². The summed E-state index contributed by atoms with van der Waals surface area (Å²) >= 11 is 8.68. The molecule has 0 bridgehead atoms. The van der Waals surface area contributed by atoms with Gasteiger partial charge in [0.15, 0.2) is 11.5 Å². The summed E-state index contributed by atoms with van der Waals surface area (Å²) < 4.78 is 3.54. The monoisotopic (exact) mass is 487 g/mol. The van der Waals surface area contributed by atoms with Crippen LogP contribution in [0.5, 0.6) is 0 Å². The quantitative estimate of drug-likeness (QED) is 0.340. The Bertz CT molecular complexity index is 752. The number of hydrogen-bond acceptors (Lipinski definition) is 4. The van der Waals surface area contributed by atoms with E-state index < -0.39 is 0 Å². The van der Waals surface area contributed by atoms with Crippen molar-refractivity contribution < 1.29 is 0 Å². The summed E-state index contributed by atoms with van der Waals surface area (Å²) in [5.74, 6) is 3.21. The van der Waals surface area contributed by atoms with Gasteiger partial charge in [0.25, 0.3) is 0 Å². The maximum atomic E-state index is 6.16. The fourth-order valence-corrected chi connectivity index (χ4v) is 5.36. The Labute approximate surface area is 173 Å². The largest absolute Gasteiger partial charge is 0.365 e. The van der Waals surface area contributed by atoms with E-state index >= 15 is 0 Å². The summed E-state index contributed by atoms with van der Waals surface area (Å²) in [6, 6.07) is 0.403. The third-order valence-corrected chi connectivity index (χ3v) is 7.72. The van der Waals surface area contributed by atoms with Crippen LogP contribution in [0.1, 0.15) is 51.9 Å². The summed E-state index contributed by atoms with van der Waals surface area (Å²) in [7, 11) is 0. The molecule has 0 radical (unpaired) electrons. The van der Waals surface area contributed by atoms with Gasteiger partial charge in [-0.15, -0.1) is 0 Å². The van der Waals surface area contributed by atoms with Crippen LogP contribution in [0.3, 0.4) is 0 Å². The number of fused-ring (bicyclic) bond motifs is 1. The molecular formula is C19H27ClIN5. The maximum absolute atomic E-state index is 6.16. The molecular weight excluding hydrogens is 461 g/mol. The fraction of sp³-hybridized carbons (Fsp3) is 0.737. The molecule has 4 rings (SSSR count). The fourth-order valence-electron chi connectivity index (χ4n) is 4.31. The molecule has 2 aromatic heterocycles. The molecule has 2 aromatic rings. The van der Waals surface area contributed by atoms with Crippen molar-refractivity contribution in [3.8, 4) is 0 Å². The minimum atomic E-state index is 0.272. The van der Waals surface area contributed by atoms with Crippen LogP contribution >= 0.6 is 34.2 Å². The van der Waals surface area contributed by atoms with Gasteiger partial charge in [-0.3, -0.25) is 0 Å². The van der Waals surface area contributed by atoms with E-state index in [9.17, 15) is 0 Å². The Balaban J connectivity index is 1.55. The first-order valence-corrected chi connectivity index (χ1v) is 11.7. The van der Waals surface area contributed by atoms with Gasteiger partial charge in [-0.1, -0.05) is 29.0 Å². The average molecular weight is 488 g/mol. The van der Waals surface area contributed by atoms with Crippen LogP contribution in [-0.2, 0) is 6.54 Å². The zero-order valence-corrected chi connectivity index (χ0v) is 18.2. The van der Waals surface area contributed by atoms with Gasteiger partial charge in [-0.2, -0.15) is 9.97 Å². The third kappa shape index (κ3) is 3.96. The molecule has 2 fully saturated rings. The van der Waals surface area contributed by atoms with Gasteiger partial charge in [0.2, 0.25) is 5.28 Å². The number of imidazole rings is 1. The molecule has 7 heteroatoms. The van der Waals surface area contributed by atoms with Crippen LogP contribution in [0.2, 0.25) is 5.28 Å². The minimum absolute atomic E-state index is 0.272. The Kier molecular flexibility index (Phi) is 5.88. The molecule has 0 aromatic carbocycles. The first kappa shape index (κ1) is 18.7. The highest BCUT2D eigenvalue weighted by molar-refractivity contribution is 14.1. The number of anilines is 1. The molecule has 1 atom stereocenters. The van der Waals surface area contributed by atoms with E-state index in [4.69, 9.17) is 11.6 Å². The van der Waals surface area contributed by atoms with Crippen molar-refractivity contribution in [3.05, 3.63) is 11.6 Å². The summed E-state index contributed by atoms with van der Waals surface area (Å²) in [5.41, 5.74) is 1.71. The topological polar surface area (TPSA) is 55.6 Å². The predicted molar refractivity (Wildman–Crippen MR) is 115 cm³/mol. The van der Waals surface area contributed by atoms with Crippen molar-refractivity contribution in [1.82, 2.24) is 19.5 Å². The molecule has 0 aliphatic heterocycles. The summed E-state index contributed by atoms with van der Waals surface area (Å²) in [6.07, 6.45) is 11.2. The zero-order valence-electron chi connectivity index (χ0n) is 15.3. The standard InChI is InChI=1S/C19H27ClIN5/c1-12(15-3-2-4-15)23-18-16-17(24-19(20)25-18)22-11-26(16)10-14-7-5-13(9-21)6-8-14/h11-15H,2-10H2,1H3,(H,23,24,25)/t12-,13-,14-/m1/s1. The van der Waals surface area contributed by atoms with Crippen LogP contribution in [-0.4, -0.2) is 30.0 Å². The highest BCUT2D eigenvalue weighted by atomic mass is 127. The van der Waals surface area contributed by atoms with Gasteiger partial charge >= 0.3 is 0 Å². The van der Waals surface area contributed by atoms with E-state index in [1.165, 1.54) is 49.4 Å². The number of aromatic nitrogens is 4. The Morgan fingerprint density at radius 3 is 2.58 bits per heavy atom.